The standard InChI is InChI=1S/C20H16O.C12H11BO2.C8H7IO/c1-15(21)16-10-12-18(13-11-16)20-9-5-8-19(14-20)17-6-3-2-4-7-17;14-13(15)12-8-4-7-11(9-12)10-5-2-1-3-6-10;1-6(10)7-2-4-8(9)5-3-7/h2-14H,1H3;1-9,14-15H;2-5H,1H3. The van der Waals surface area contributed by atoms with Crippen LogP contribution in [-0.4, -0.2) is 28.7 Å². The number of carbonyl (C=O) groups is 2. The first-order valence-electron chi connectivity index (χ1n) is 14.8. The van der Waals surface area contributed by atoms with Crippen LogP contribution in [0, 0.1) is 3.57 Å². The van der Waals surface area contributed by atoms with Gasteiger partial charge in [0.1, 0.15) is 0 Å². The Kier molecular flexibility index (Phi) is 12.8. The molecule has 46 heavy (non-hydrogen) atoms. The fraction of sp³-hybridized carbons (Fsp3) is 0.0500. The van der Waals surface area contributed by atoms with Gasteiger partial charge in [-0.15, -0.1) is 0 Å². The summed E-state index contributed by atoms with van der Waals surface area (Å²) in [5.41, 5.74) is 8.78. The Morgan fingerprint density at radius 1 is 0.457 bits per heavy atom. The predicted octanol–water partition coefficient (Wildman–Crippen LogP) is 8.75. The Morgan fingerprint density at radius 2 is 0.826 bits per heavy atom. The molecular formula is C40H34BIO4. The van der Waals surface area contributed by atoms with E-state index in [4.69, 9.17) is 10.0 Å². The van der Waals surface area contributed by atoms with Crippen molar-refractivity contribution in [1.82, 2.24) is 0 Å². The van der Waals surface area contributed by atoms with Crippen molar-refractivity contribution in [1.29, 1.82) is 0 Å². The average Bonchev–Trinajstić information content (AvgIpc) is 3.10. The third-order valence-electron chi connectivity index (χ3n) is 7.14. The van der Waals surface area contributed by atoms with Gasteiger partial charge in [-0.3, -0.25) is 9.59 Å². The first kappa shape index (κ1) is 34.3. The van der Waals surface area contributed by atoms with Gasteiger partial charge in [-0.2, -0.15) is 0 Å². The van der Waals surface area contributed by atoms with Crippen molar-refractivity contribution < 1.29 is 19.6 Å². The van der Waals surface area contributed by atoms with Crippen LogP contribution in [0.1, 0.15) is 34.6 Å². The summed E-state index contributed by atoms with van der Waals surface area (Å²) in [5, 5.41) is 18.1. The molecule has 0 saturated carbocycles. The first-order valence-corrected chi connectivity index (χ1v) is 15.8. The fourth-order valence-corrected chi connectivity index (χ4v) is 4.96. The number of halogens is 1. The molecule has 0 radical (unpaired) electrons. The van der Waals surface area contributed by atoms with Gasteiger partial charge in [-0.25, -0.2) is 0 Å². The second-order valence-electron chi connectivity index (χ2n) is 10.5. The second-order valence-corrected chi connectivity index (χ2v) is 11.8. The Morgan fingerprint density at radius 3 is 1.26 bits per heavy atom. The summed E-state index contributed by atoms with van der Waals surface area (Å²) in [6, 6.07) is 51.2. The highest BCUT2D eigenvalue weighted by Gasteiger charge is 2.11. The molecule has 4 nitrogen and oxygen atoms in total. The molecule has 0 aromatic heterocycles. The SMILES string of the molecule is CC(=O)c1ccc(-c2cccc(-c3ccccc3)c2)cc1.CC(=O)c1ccc(I)cc1.OB(O)c1cccc(-c2ccccc2)c1. The minimum absolute atomic E-state index is 0.0968. The van der Waals surface area contributed by atoms with E-state index < -0.39 is 7.12 Å². The van der Waals surface area contributed by atoms with Crippen LogP contribution < -0.4 is 5.46 Å². The summed E-state index contributed by atoms with van der Waals surface area (Å²) in [4.78, 5) is 22.1. The number of carbonyl (C=O) groups excluding carboxylic acids is 2. The summed E-state index contributed by atoms with van der Waals surface area (Å²) in [6.45, 7) is 3.16. The van der Waals surface area contributed by atoms with E-state index in [0.717, 1.165) is 37.0 Å². The second kappa shape index (κ2) is 17.2. The third-order valence-corrected chi connectivity index (χ3v) is 7.86. The Balaban J connectivity index is 0.000000168. The maximum absolute atomic E-state index is 11.3. The summed E-state index contributed by atoms with van der Waals surface area (Å²) in [6.07, 6.45) is 0. The Labute approximate surface area is 284 Å². The molecular weight excluding hydrogens is 682 g/mol. The van der Waals surface area contributed by atoms with Gasteiger partial charge in [0, 0.05) is 14.7 Å². The van der Waals surface area contributed by atoms with Crippen LogP contribution in [0.25, 0.3) is 33.4 Å². The van der Waals surface area contributed by atoms with Gasteiger partial charge >= 0.3 is 7.12 Å². The van der Waals surface area contributed by atoms with Crippen molar-refractivity contribution in [2.24, 2.45) is 0 Å². The lowest BCUT2D eigenvalue weighted by Gasteiger charge is -2.06. The maximum Gasteiger partial charge on any atom is 0.488 e. The van der Waals surface area contributed by atoms with E-state index >= 15 is 0 Å². The highest BCUT2D eigenvalue weighted by molar-refractivity contribution is 14.1. The highest BCUT2D eigenvalue weighted by atomic mass is 127. The Bertz CT molecular complexity index is 1850. The van der Waals surface area contributed by atoms with E-state index in [9.17, 15) is 9.59 Å². The van der Waals surface area contributed by atoms with Crippen molar-refractivity contribution in [2.45, 2.75) is 13.8 Å². The van der Waals surface area contributed by atoms with E-state index in [1.807, 2.05) is 109 Å². The number of ketones is 2. The lowest BCUT2D eigenvalue weighted by atomic mass is 9.79. The molecule has 0 aliphatic heterocycles. The smallest absolute Gasteiger partial charge is 0.423 e. The molecule has 0 unspecified atom stereocenters. The zero-order valence-electron chi connectivity index (χ0n) is 25.7. The number of hydrogen-bond acceptors (Lipinski definition) is 4. The first-order chi connectivity index (χ1) is 22.2. The molecule has 0 spiro atoms. The molecule has 0 saturated heterocycles. The van der Waals surface area contributed by atoms with Crippen LogP contribution in [0.2, 0.25) is 0 Å². The van der Waals surface area contributed by atoms with Crippen molar-refractivity contribution in [3.63, 3.8) is 0 Å². The minimum atomic E-state index is -1.41. The van der Waals surface area contributed by atoms with Gasteiger partial charge in [-0.1, -0.05) is 140 Å². The van der Waals surface area contributed by atoms with Gasteiger partial charge in [0.05, 0.1) is 0 Å². The van der Waals surface area contributed by atoms with Crippen molar-refractivity contribution in [2.75, 3.05) is 0 Å². The zero-order chi connectivity index (χ0) is 32.9. The van der Waals surface area contributed by atoms with E-state index in [-0.39, 0.29) is 11.6 Å². The number of rotatable bonds is 6. The summed E-state index contributed by atoms with van der Waals surface area (Å²) in [5.74, 6) is 0.219. The summed E-state index contributed by atoms with van der Waals surface area (Å²) in [7, 11) is -1.41. The zero-order valence-corrected chi connectivity index (χ0v) is 27.8. The molecule has 0 bridgehead atoms. The van der Waals surface area contributed by atoms with Gasteiger partial charge in [0.15, 0.2) is 11.6 Å². The van der Waals surface area contributed by atoms with Crippen LogP contribution in [0.4, 0.5) is 0 Å². The molecule has 2 N–H and O–H groups in total. The van der Waals surface area contributed by atoms with E-state index in [0.29, 0.717) is 5.46 Å². The molecule has 0 heterocycles. The maximum atomic E-state index is 11.3. The molecule has 0 atom stereocenters. The molecule has 0 amide bonds. The topological polar surface area (TPSA) is 74.6 Å². The van der Waals surface area contributed by atoms with E-state index in [1.165, 1.54) is 11.1 Å². The van der Waals surface area contributed by atoms with Crippen LogP contribution in [0.15, 0.2) is 158 Å². The molecule has 0 fully saturated rings. The molecule has 0 aliphatic rings. The molecule has 228 valence electrons. The lowest BCUT2D eigenvalue weighted by molar-refractivity contribution is 0.100. The van der Waals surface area contributed by atoms with Crippen LogP contribution in [0.3, 0.4) is 0 Å². The normalized spacial score (nSPS) is 10.0. The van der Waals surface area contributed by atoms with Crippen LogP contribution in [-0.2, 0) is 0 Å². The quantitative estimate of drug-likeness (QED) is 0.103. The predicted molar refractivity (Wildman–Crippen MR) is 198 cm³/mol. The molecule has 6 aromatic rings. The van der Waals surface area contributed by atoms with Crippen molar-refractivity contribution in [3.8, 4) is 33.4 Å². The summed E-state index contributed by atoms with van der Waals surface area (Å²) < 4.78 is 1.16. The van der Waals surface area contributed by atoms with Gasteiger partial charge in [-0.05, 0) is 93.5 Å². The summed E-state index contributed by atoms with van der Waals surface area (Å²) >= 11 is 2.21. The monoisotopic (exact) mass is 716 g/mol. The van der Waals surface area contributed by atoms with Crippen LogP contribution in [0.5, 0.6) is 0 Å². The van der Waals surface area contributed by atoms with Crippen molar-refractivity contribution in [3.05, 3.63) is 172 Å². The lowest BCUT2D eigenvalue weighted by Crippen LogP contribution is -2.29. The third kappa shape index (κ3) is 10.2. The number of Topliss-reactive ketones (excluding diaryl/α,β-unsaturated/α-hetero) is 2. The van der Waals surface area contributed by atoms with Gasteiger partial charge in [0.25, 0.3) is 0 Å². The molecule has 6 rings (SSSR count). The number of benzene rings is 6. The van der Waals surface area contributed by atoms with Crippen molar-refractivity contribution >= 4 is 46.7 Å². The van der Waals surface area contributed by atoms with E-state index in [2.05, 4.69) is 59.0 Å². The Hall–Kier alpha value is -4.63. The fourth-order valence-electron chi connectivity index (χ4n) is 4.60. The highest BCUT2D eigenvalue weighted by Crippen LogP contribution is 2.26. The largest absolute Gasteiger partial charge is 0.488 e. The molecule has 0 aliphatic carbocycles. The number of hydrogen-bond donors (Lipinski definition) is 2. The average molecular weight is 716 g/mol. The molecule has 6 aromatic carbocycles. The van der Waals surface area contributed by atoms with E-state index in [1.54, 1.807) is 26.0 Å². The van der Waals surface area contributed by atoms with Crippen LogP contribution >= 0.6 is 22.6 Å². The van der Waals surface area contributed by atoms with Gasteiger partial charge in [0.2, 0.25) is 0 Å². The van der Waals surface area contributed by atoms with Gasteiger partial charge < -0.3 is 10.0 Å². The minimum Gasteiger partial charge on any atom is -0.423 e. The molecule has 6 heteroatoms.